The van der Waals surface area contributed by atoms with Gasteiger partial charge in [0.05, 0.1) is 0 Å². The van der Waals surface area contributed by atoms with E-state index in [2.05, 4.69) is 0 Å². The molecule has 118 valence electrons. The Morgan fingerprint density at radius 1 is 0.864 bits per heavy atom. The van der Waals surface area contributed by atoms with Gasteiger partial charge in [0.1, 0.15) is 0 Å². The highest BCUT2D eigenvalue weighted by molar-refractivity contribution is 6.75. The Balaban J connectivity index is 2.35. The number of hydrogen-bond donors (Lipinski definition) is 0. The summed E-state index contributed by atoms with van der Waals surface area (Å²) < 4.78 is 42.9. The highest BCUT2D eigenvalue weighted by Gasteiger charge is 2.41. The Bertz CT molecular complexity index is 628. The third-order valence-electron chi connectivity index (χ3n) is 3.36. The molecule has 0 amide bonds. The summed E-state index contributed by atoms with van der Waals surface area (Å²) in [4.78, 5) is 0. The molecule has 6 heteroatoms. The van der Waals surface area contributed by atoms with Crippen molar-refractivity contribution in [3.05, 3.63) is 54.1 Å². The van der Waals surface area contributed by atoms with E-state index >= 15 is 0 Å². The second kappa shape index (κ2) is 7.10. The first-order valence-electron chi connectivity index (χ1n) is 6.86. The first kappa shape index (κ1) is 16.8. The minimum Gasteiger partial charge on any atom is -0.373 e. The molecule has 0 radical (unpaired) electrons. The van der Waals surface area contributed by atoms with E-state index in [1.165, 1.54) is 12.1 Å². The van der Waals surface area contributed by atoms with Crippen LogP contribution in [0, 0.1) is 11.6 Å². The second-order valence-corrected chi connectivity index (χ2v) is 7.40. The van der Waals surface area contributed by atoms with Gasteiger partial charge in [-0.2, -0.15) is 0 Å². The standard InChI is InChI=1S/C16H18F2O3Si/c1-4-21-22(19-2,20-3)14-8-5-12(6-9-14)13-7-10-15(17)16(18)11-13/h5-11H,4H2,1-3H3. The van der Waals surface area contributed by atoms with E-state index in [4.69, 9.17) is 13.3 Å². The second-order valence-electron chi connectivity index (χ2n) is 4.60. The SMILES string of the molecule is CCO[Si](OC)(OC)c1ccc(-c2ccc(F)c(F)c2)cc1. The highest BCUT2D eigenvalue weighted by Crippen LogP contribution is 2.21. The van der Waals surface area contributed by atoms with Gasteiger partial charge < -0.3 is 13.3 Å². The van der Waals surface area contributed by atoms with Crippen LogP contribution in [-0.4, -0.2) is 29.6 Å². The fourth-order valence-corrected chi connectivity index (χ4v) is 4.25. The van der Waals surface area contributed by atoms with Crippen molar-refractivity contribution in [3.63, 3.8) is 0 Å². The lowest BCUT2D eigenvalue weighted by atomic mass is 10.1. The molecule has 3 nitrogen and oxygen atoms in total. The molecule has 0 unspecified atom stereocenters. The van der Waals surface area contributed by atoms with E-state index in [0.717, 1.165) is 16.8 Å². The first-order valence-corrected chi connectivity index (χ1v) is 8.59. The number of halogens is 2. The third kappa shape index (κ3) is 3.25. The summed E-state index contributed by atoms with van der Waals surface area (Å²) >= 11 is 0. The smallest absolute Gasteiger partial charge is 0.373 e. The molecule has 0 atom stereocenters. The van der Waals surface area contributed by atoms with E-state index < -0.39 is 20.4 Å². The Morgan fingerprint density at radius 3 is 1.95 bits per heavy atom. The van der Waals surface area contributed by atoms with Gasteiger partial charge in [0.25, 0.3) is 0 Å². The van der Waals surface area contributed by atoms with E-state index in [0.29, 0.717) is 12.2 Å². The summed E-state index contributed by atoms with van der Waals surface area (Å²) in [7, 11) is 0.203. The maximum Gasteiger partial charge on any atom is 0.536 e. The average molecular weight is 324 g/mol. The molecule has 2 rings (SSSR count). The minimum absolute atomic E-state index is 0.471. The quantitative estimate of drug-likeness (QED) is 0.764. The molecule has 0 saturated carbocycles. The van der Waals surface area contributed by atoms with Crippen LogP contribution in [0.4, 0.5) is 8.78 Å². The van der Waals surface area contributed by atoms with E-state index in [1.807, 2.05) is 19.1 Å². The molecule has 0 bridgehead atoms. The van der Waals surface area contributed by atoms with Crippen molar-refractivity contribution < 1.29 is 22.1 Å². The maximum absolute atomic E-state index is 13.3. The summed E-state index contributed by atoms with van der Waals surface area (Å²) in [5.41, 5.74) is 1.37. The zero-order valence-electron chi connectivity index (χ0n) is 12.7. The topological polar surface area (TPSA) is 27.7 Å². The monoisotopic (exact) mass is 324 g/mol. The fraction of sp³-hybridized carbons (Fsp3) is 0.250. The number of hydrogen-bond acceptors (Lipinski definition) is 3. The van der Waals surface area contributed by atoms with Crippen molar-refractivity contribution in [1.82, 2.24) is 0 Å². The third-order valence-corrected chi connectivity index (χ3v) is 6.15. The van der Waals surface area contributed by atoms with Gasteiger partial charge in [-0.1, -0.05) is 30.3 Å². The van der Waals surface area contributed by atoms with Crippen LogP contribution in [0.3, 0.4) is 0 Å². The van der Waals surface area contributed by atoms with Gasteiger partial charge in [0.2, 0.25) is 0 Å². The predicted molar refractivity (Wildman–Crippen MR) is 82.8 cm³/mol. The van der Waals surface area contributed by atoms with Crippen molar-refractivity contribution in [1.29, 1.82) is 0 Å². The molecular weight excluding hydrogens is 306 g/mol. The van der Waals surface area contributed by atoms with Crippen LogP contribution in [0.15, 0.2) is 42.5 Å². The predicted octanol–water partition coefficient (Wildman–Crippen LogP) is 3.11. The van der Waals surface area contributed by atoms with Crippen molar-refractivity contribution in [2.24, 2.45) is 0 Å². The summed E-state index contributed by atoms with van der Waals surface area (Å²) in [6, 6.07) is 11.1. The lowest BCUT2D eigenvalue weighted by Gasteiger charge is -2.26. The molecule has 22 heavy (non-hydrogen) atoms. The summed E-state index contributed by atoms with van der Waals surface area (Å²) in [6.07, 6.45) is 0. The van der Waals surface area contributed by atoms with Crippen LogP contribution in [0.1, 0.15) is 6.92 Å². The van der Waals surface area contributed by atoms with E-state index in [1.54, 1.807) is 26.4 Å². The molecule has 0 saturated heterocycles. The Labute approximate surface area is 129 Å². The number of benzene rings is 2. The van der Waals surface area contributed by atoms with Gasteiger partial charge in [0, 0.05) is 26.0 Å². The van der Waals surface area contributed by atoms with Crippen molar-refractivity contribution in [2.45, 2.75) is 6.92 Å². The van der Waals surface area contributed by atoms with E-state index in [9.17, 15) is 8.78 Å². The van der Waals surface area contributed by atoms with Crippen LogP contribution < -0.4 is 5.19 Å². The maximum atomic E-state index is 13.3. The molecule has 0 aliphatic rings. The Morgan fingerprint density at radius 2 is 1.45 bits per heavy atom. The molecular formula is C16H18F2O3Si. The van der Waals surface area contributed by atoms with Gasteiger partial charge in [-0.05, 0) is 30.2 Å². The Hall–Kier alpha value is -1.60. The van der Waals surface area contributed by atoms with Gasteiger partial charge in [-0.3, -0.25) is 0 Å². The molecule has 0 spiro atoms. The normalized spacial score (nSPS) is 11.7. The summed E-state index contributed by atoms with van der Waals surface area (Å²) in [5.74, 6) is -1.73. The lowest BCUT2D eigenvalue weighted by molar-refractivity contribution is 0.120. The van der Waals surface area contributed by atoms with Gasteiger partial charge in [-0.15, -0.1) is 0 Å². The molecule has 0 N–H and O–H groups in total. The van der Waals surface area contributed by atoms with Gasteiger partial charge in [0.15, 0.2) is 11.6 Å². The highest BCUT2D eigenvalue weighted by atomic mass is 28.4. The summed E-state index contributed by atoms with van der Waals surface area (Å²) in [6.45, 7) is 2.34. The Kier molecular flexibility index (Phi) is 5.41. The molecule has 2 aromatic rings. The van der Waals surface area contributed by atoms with Crippen LogP contribution in [0.2, 0.25) is 0 Å². The molecule has 0 fully saturated rings. The fourth-order valence-electron chi connectivity index (χ4n) is 2.25. The van der Waals surface area contributed by atoms with Crippen LogP contribution in [0.5, 0.6) is 0 Å². The van der Waals surface area contributed by atoms with Crippen molar-refractivity contribution >= 4 is 14.0 Å². The minimum atomic E-state index is -2.90. The molecule has 2 aromatic carbocycles. The zero-order chi connectivity index (χ0) is 16.2. The summed E-state index contributed by atoms with van der Waals surface area (Å²) in [5, 5.41) is 0.811. The van der Waals surface area contributed by atoms with Crippen LogP contribution >= 0.6 is 0 Å². The molecule has 0 aromatic heterocycles. The average Bonchev–Trinajstić information content (AvgIpc) is 2.55. The van der Waals surface area contributed by atoms with Gasteiger partial charge >= 0.3 is 8.80 Å². The van der Waals surface area contributed by atoms with Crippen molar-refractivity contribution in [2.75, 3.05) is 20.8 Å². The molecule has 0 aliphatic heterocycles. The first-order chi connectivity index (χ1) is 10.6. The number of rotatable bonds is 6. The van der Waals surface area contributed by atoms with E-state index in [-0.39, 0.29) is 0 Å². The zero-order valence-corrected chi connectivity index (χ0v) is 13.7. The van der Waals surface area contributed by atoms with Crippen LogP contribution in [-0.2, 0) is 13.3 Å². The van der Waals surface area contributed by atoms with Crippen molar-refractivity contribution in [3.8, 4) is 11.1 Å². The van der Waals surface area contributed by atoms with Crippen LogP contribution in [0.25, 0.3) is 11.1 Å². The molecule has 0 heterocycles. The van der Waals surface area contributed by atoms with Gasteiger partial charge in [-0.25, -0.2) is 8.78 Å². The largest absolute Gasteiger partial charge is 0.536 e. The lowest BCUT2D eigenvalue weighted by Crippen LogP contribution is -2.55. The molecule has 0 aliphatic carbocycles.